The van der Waals surface area contributed by atoms with Crippen molar-refractivity contribution in [2.24, 2.45) is 5.92 Å². The quantitative estimate of drug-likeness (QED) is 0.664. The standard InChI is InChI=1S/C12H22N2O3/c1-8(2)13-7-11(15)14-10-5-3-4-9(6-10)12(16)17/h8-10,13H,3-7H2,1-2H3,(H,14,15)(H,16,17). The third-order valence-corrected chi connectivity index (χ3v) is 3.06. The molecule has 98 valence electrons. The molecule has 1 rings (SSSR count). The fourth-order valence-electron chi connectivity index (χ4n) is 2.12. The summed E-state index contributed by atoms with van der Waals surface area (Å²) < 4.78 is 0. The van der Waals surface area contributed by atoms with Gasteiger partial charge in [0.15, 0.2) is 0 Å². The number of carboxylic acids is 1. The Morgan fingerprint density at radius 1 is 1.35 bits per heavy atom. The van der Waals surface area contributed by atoms with Crippen molar-refractivity contribution in [2.75, 3.05) is 6.54 Å². The Balaban J connectivity index is 2.30. The number of amides is 1. The molecule has 0 aromatic heterocycles. The molecule has 5 nitrogen and oxygen atoms in total. The van der Waals surface area contributed by atoms with E-state index >= 15 is 0 Å². The Morgan fingerprint density at radius 2 is 2.06 bits per heavy atom. The van der Waals surface area contributed by atoms with Gasteiger partial charge in [0, 0.05) is 12.1 Å². The number of carbonyl (C=O) groups is 2. The van der Waals surface area contributed by atoms with Crippen LogP contribution in [0.3, 0.4) is 0 Å². The van der Waals surface area contributed by atoms with E-state index in [1.807, 2.05) is 13.8 Å². The van der Waals surface area contributed by atoms with Crippen LogP contribution in [0.1, 0.15) is 39.5 Å². The van der Waals surface area contributed by atoms with E-state index in [2.05, 4.69) is 10.6 Å². The molecule has 0 aromatic carbocycles. The van der Waals surface area contributed by atoms with Crippen molar-refractivity contribution in [3.63, 3.8) is 0 Å². The molecular formula is C12H22N2O3. The summed E-state index contributed by atoms with van der Waals surface area (Å²) in [6.45, 7) is 4.26. The normalized spacial score (nSPS) is 24.6. The maximum Gasteiger partial charge on any atom is 0.306 e. The Labute approximate surface area is 102 Å². The van der Waals surface area contributed by atoms with Crippen LogP contribution < -0.4 is 10.6 Å². The monoisotopic (exact) mass is 242 g/mol. The number of hydrogen-bond acceptors (Lipinski definition) is 3. The molecule has 2 unspecified atom stereocenters. The van der Waals surface area contributed by atoms with Crippen molar-refractivity contribution < 1.29 is 14.7 Å². The SMILES string of the molecule is CC(C)NCC(=O)NC1CCCC(C(=O)O)C1. The van der Waals surface area contributed by atoms with Crippen LogP contribution in [0.15, 0.2) is 0 Å². The zero-order valence-electron chi connectivity index (χ0n) is 10.5. The third kappa shape index (κ3) is 5.17. The minimum atomic E-state index is -0.746. The highest BCUT2D eigenvalue weighted by Gasteiger charge is 2.27. The topological polar surface area (TPSA) is 78.4 Å². The second-order valence-corrected chi connectivity index (χ2v) is 5.00. The van der Waals surface area contributed by atoms with E-state index in [-0.39, 0.29) is 23.9 Å². The number of aliphatic carboxylic acids is 1. The summed E-state index contributed by atoms with van der Waals surface area (Å²) in [5.41, 5.74) is 0. The van der Waals surface area contributed by atoms with Gasteiger partial charge in [-0.3, -0.25) is 9.59 Å². The lowest BCUT2D eigenvalue weighted by atomic mass is 9.86. The van der Waals surface area contributed by atoms with Gasteiger partial charge in [-0.05, 0) is 19.3 Å². The first-order valence-corrected chi connectivity index (χ1v) is 6.24. The summed E-state index contributed by atoms with van der Waals surface area (Å²) in [7, 11) is 0. The van der Waals surface area contributed by atoms with Gasteiger partial charge >= 0.3 is 5.97 Å². The Hall–Kier alpha value is -1.10. The fourth-order valence-corrected chi connectivity index (χ4v) is 2.12. The summed E-state index contributed by atoms with van der Waals surface area (Å²) in [6, 6.07) is 0.296. The maximum absolute atomic E-state index is 11.6. The minimum Gasteiger partial charge on any atom is -0.481 e. The Morgan fingerprint density at radius 3 is 2.65 bits per heavy atom. The summed E-state index contributed by atoms with van der Waals surface area (Å²) in [5.74, 6) is -1.09. The molecule has 3 N–H and O–H groups in total. The molecule has 1 amide bonds. The second kappa shape index (κ2) is 6.59. The molecule has 2 atom stereocenters. The summed E-state index contributed by atoms with van der Waals surface area (Å²) in [6.07, 6.45) is 3.05. The van der Waals surface area contributed by atoms with E-state index in [1.165, 1.54) is 0 Å². The van der Waals surface area contributed by atoms with Gasteiger partial charge in [-0.2, -0.15) is 0 Å². The molecule has 0 heterocycles. The Kier molecular flexibility index (Phi) is 5.41. The van der Waals surface area contributed by atoms with Crippen LogP contribution in [0.25, 0.3) is 0 Å². The minimum absolute atomic E-state index is 0.0197. The van der Waals surface area contributed by atoms with Crippen LogP contribution in [-0.4, -0.2) is 35.6 Å². The average Bonchev–Trinajstić information content (AvgIpc) is 2.26. The first-order valence-electron chi connectivity index (χ1n) is 6.24. The van der Waals surface area contributed by atoms with E-state index < -0.39 is 5.97 Å². The van der Waals surface area contributed by atoms with Crippen LogP contribution in [0, 0.1) is 5.92 Å². The lowest BCUT2D eigenvalue weighted by Gasteiger charge is -2.27. The van der Waals surface area contributed by atoms with Gasteiger partial charge < -0.3 is 15.7 Å². The number of nitrogens with one attached hydrogen (secondary N) is 2. The molecule has 0 bridgehead atoms. The first-order chi connectivity index (χ1) is 7.99. The van der Waals surface area contributed by atoms with Crippen molar-refractivity contribution in [1.29, 1.82) is 0 Å². The number of carboxylic acid groups (broad SMARTS) is 1. The highest BCUT2D eigenvalue weighted by atomic mass is 16.4. The molecule has 1 fully saturated rings. The van der Waals surface area contributed by atoms with Crippen molar-refractivity contribution in [3.8, 4) is 0 Å². The predicted octanol–water partition coefficient (Wildman–Crippen LogP) is 0.744. The van der Waals surface area contributed by atoms with E-state index in [4.69, 9.17) is 5.11 Å². The first kappa shape index (κ1) is 14.0. The highest BCUT2D eigenvalue weighted by molar-refractivity contribution is 5.78. The molecule has 0 aliphatic heterocycles. The molecule has 0 radical (unpaired) electrons. The van der Waals surface area contributed by atoms with Crippen molar-refractivity contribution in [1.82, 2.24) is 10.6 Å². The summed E-state index contributed by atoms with van der Waals surface area (Å²) >= 11 is 0. The van der Waals surface area contributed by atoms with Gasteiger partial charge in [0.05, 0.1) is 12.5 Å². The lowest BCUT2D eigenvalue weighted by molar-refractivity contribution is -0.143. The van der Waals surface area contributed by atoms with Gasteiger partial charge in [-0.1, -0.05) is 20.3 Å². The third-order valence-electron chi connectivity index (χ3n) is 3.06. The van der Waals surface area contributed by atoms with Gasteiger partial charge in [0.1, 0.15) is 0 Å². The largest absolute Gasteiger partial charge is 0.481 e. The molecule has 0 saturated heterocycles. The average molecular weight is 242 g/mol. The van der Waals surface area contributed by atoms with E-state index in [0.717, 1.165) is 19.3 Å². The molecule has 0 spiro atoms. The number of carbonyl (C=O) groups excluding carboxylic acids is 1. The number of hydrogen-bond donors (Lipinski definition) is 3. The van der Waals surface area contributed by atoms with Gasteiger partial charge in [-0.25, -0.2) is 0 Å². The summed E-state index contributed by atoms with van der Waals surface area (Å²) in [5, 5.41) is 14.9. The predicted molar refractivity (Wildman–Crippen MR) is 64.7 cm³/mol. The van der Waals surface area contributed by atoms with Crippen molar-refractivity contribution in [3.05, 3.63) is 0 Å². The molecule has 1 saturated carbocycles. The van der Waals surface area contributed by atoms with Crippen molar-refractivity contribution >= 4 is 11.9 Å². The lowest BCUT2D eigenvalue weighted by Crippen LogP contribution is -2.44. The maximum atomic E-state index is 11.6. The molecule has 0 aromatic rings. The smallest absolute Gasteiger partial charge is 0.306 e. The van der Waals surface area contributed by atoms with Crippen LogP contribution in [-0.2, 0) is 9.59 Å². The van der Waals surface area contributed by atoms with E-state index in [0.29, 0.717) is 13.0 Å². The zero-order valence-corrected chi connectivity index (χ0v) is 10.5. The number of rotatable bonds is 5. The van der Waals surface area contributed by atoms with Crippen molar-refractivity contribution in [2.45, 2.75) is 51.6 Å². The van der Waals surface area contributed by atoms with Crippen LogP contribution in [0.5, 0.6) is 0 Å². The highest BCUT2D eigenvalue weighted by Crippen LogP contribution is 2.24. The molecule has 5 heteroatoms. The fraction of sp³-hybridized carbons (Fsp3) is 0.833. The zero-order chi connectivity index (χ0) is 12.8. The Bertz CT molecular complexity index is 279. The molecular weight excluding hydrogens is 220 g/mol. The van der Waals surface area contributed by atoms with Crippen LogP contribution in [0.4, 0.5) is 0 Å². The van der Waals surface area contributed by atoms with E-state index in [9.17, 15) is 9.59 Å². The summed E-state index contributed by atoms with van der Waals surface area (Å²) in [4.78, 5) is 22.4. The van der Waals surface area contributed by atoms with E-state index in [1.54, 1.807) is 0 Å². The molecule has 1 aliphatic carbocycles. The van der Waals surface area contributed by atoms with Gasteiger partial charge in [0.2, 0.25) is 5.91 Å². The second-order valence-electron chi connectivity index (χ2n) is 5.00. The van der Waals surface area contributed by atoms with Crippen LogP contribution in [0.2, 0.25) is 0 Å². The molecule has 17 heavy (non-hydrogen) atoms. The molecule has 1 aliphatic rings. The van der Waals surface area contributed by atoms with Gasteiger partial charge in [-0.15, -0.1) is 0 Å². The van der Waals surface area contributed by atoms with Gasteiger partial charge in [0.25, 0.3) is 0 Å². The van der Waals surface area contributed by atoms with Crippen LogP contribution >= 0.6 is 0 Å².